The van der Waals surface area contributed by atoms with Gasteiger partial charge in [-0.1, -0.05) is 12.1 Å². The molecule has 0 aliphatic carbocycles. The highest BCUT2D eigenvalue weighted by molar-refractivity contribution is 5.67. The summed E-state index contributed by atoms with van der Waals surface area (Å²) in [7, 11) is 0. The standard InChI is InChI=1S/C10H12NO2/c11-7-9-4-2-1-3-8(9)5-6-10(12)13/h1,3-4H,5-7,11H2,(H,12,13). The number of carboxylic acid groups (broad SMARTS) is 1. The average Bonchev–Trinajstić information content (AvgIpc) is 2.15. The summed E-state index contributed by atoms with van der Waals surface area (Å²) in [5, 5.41) is 8.50. The second-order valence-electron chi connectivity index (χ2n) is 2.79. The fourth-order valence-electron chi connectivity index (χ4n) is 1.17. The molecule has 13 heavy (non-hydrogen) atoms. The molecule has 0 bridgehead atoms. The molecule has 1 aromatic carbocycles. The van der Waals surface area contributed by atoms with E-state index in [1.165, 1.54) is 0 Å². The van der Waals surface area contributed by atoms with E-state index in [0.29, 0.717) is 13.0 Å². The summed E-state index contributed by atoms with van der Waals surface area (Å²) in [6.07, 6.45) is 0.688. The molecule has 0 atom stereocenters. The highest BCUT2D eigenvalue weighted by atomic mass is 16.4. The fourth-order valence-corrected chi connectivity index (χ4v) is 1.17. The van der Waals surface area contributed by atoms with Gasteiger partial charge in [-0.25, -0.2) is 0 Å². The SMILES string of the molecule is NCc1c[c]ccc1CCC(=O)O. The molecule has 3 N–H and O–H groups in total. The van der Waals surface area contributed by atoms with E-state index in [0.717, 1.165) is 11.1 Å². The van der Waals surface area contributed by atoms with Gasteiger partial charge in [-0.3, -0.25) is 4.79 Å². The topological polar surface area (TPSA) is 63.3 Å². The molecule has 0 heterocycles. The van der Waals surface area contributed by atoms with E-state index in [1.807, 2.05) is 6.07 Å². The molecule has 0 unspecified atom stereocenters. The molecular formula is C10H12NO2. The van der Waals surface area contributed by atoms with Crippen molar-refractivity contribution in [2.75, 3.05) is 0 Å². The zero-order chi connectivity index (χ0) is 9.68. The van der Waals surface area contributed by atoms with E-state index in [2.05, 4.69) is 6.07 Å². The number of hydrogen-bond donors (Lipinski definition) is 2. The molecule has 0 aliphatic rings. The van der Waals surface area contributed by atoms with Gasteiger partial charge in [-0.15, -0.1) is 0 Å². The third kappa shape index (κ3) is 2.87. The molecule has 0 fully saturated rings. The average molecular weight is 178 g/mol. The van der Waals surface area contributed by atoms with Crippen LogP contribution in [0, 0.1) is 6.07 Å². The maximum atomic E-state index is 10.3. The maximum absolute atomic E-state index is 10.3. The van der Waals surface area contributed by atoms with E-state index in [1.54, 1.807) is 12.1 Å². The lowest BCUT2D eigenvalue weighted by Gasteiger charge is -2.04. The van der Waals surface area contributed by atoms with Crippen molar-refractivity contribution in [1.29, 1.82) is 0 Å². The van der Waals surface area contributed by atoms with Crippen LogP contribution >= 0.6 is 0 Å². The van der Waals surface area contributed by atoms with Crippen molar-refractivity contribution in [3.63, 3.8) is 0 Å². The lowest BCUT2D eigenvalue weighted by Crippen LogP contribution is -2.04. The summed E-state index contributed by atoms with van der Waals surface area (Å²) in [6.45, 7) is 0.437. The Morgan fingerprint density at radius 2 is 2.31 bits per heavy atom. The highest BCUT2D eigenvalue weighted by Gasteiger charge is 2.02. The maximum Gasteiger partial charge on any atom is 0.303 e. The minimum absolute atomic E-state index is 0.150. The van der Waals surface area contributed by atoms with Crippen molar-refractivity contribution in [3.8, 4) is 0 Å². The largest absolute Gasteiger partial charge is 0.481 e. The molecule has 69 valence electrons. The van der Waals surface area contributed by atoms with Crippen molar-refractivity contribution in [2.24, 2.45) is 5.73 Å². The smallest absolute Gasteiger partial charge is 0.303 e. The summed E-state index contributed by atoms with van der Waals surface area (Å²) < 4.78 is 0. The van der Waals surface area contributed by atoms with Crippen molar-refractivity contribution >= 4 is 5.97 Å². The van der Waals surface area contributed by atoms with Gasteiger partial charge in [-0.2, -0.15) is 0 Å². The number of rotatable bonds is 4. The number of carboxylic acids is 1. The van der Waals surface area contributed by atoms with Gasteiger partial charge in [0, 0.05) is 13.0 Å². The van der Waals surface area contributed by atoms with Gasteiger partial charge in [0.05, 0.1) is 0 Å². The Bertz CT molecular complexity index is 297. The lowest BCUT2D eigenvalue weighted by molar-refractivity contribution is -0.136. The van der Waals surface area contributed by atoms with Gasteiger partial charge in [0.15, 0.2) is 0 Å². The van der Waals surface area contributed by atoms with Crippen LogP contribution in [0.3, 0.4) is 0 Å². The first-order chi connectivity index (χ1) is 6.24. The van der Waals surface area contributed by atoms with Gasteiger partial charge < -0.3 is 10.8 Å². The second kappa shape index (κ2) is 4.62. The molecule has 3 nitrogen and oxygen atoms in total. The Labute approximate surface area is 77.2 Å². The van der Waals surface area contributed by atoms with E-state index in [-0.39, 0.29) is 6.42 Å². The number of carbonyl (C=O) groups is 1. The molecule has 1 radical (unpaired) electrons. The predicted octanol–water partition coefficient (Wildman–Crippen LogP) is 0.963. The minimum Gasteiger partial charge on any atom is -0.481 e. The lowest BCUT2D eigenvalue weighted by atomic mass is 10.0. The van der Waals surface area contributed by atoms with Crippen LogP contribution in [0.2, 0.25) is 0 Å². The normalized spacial score (nSPS) is 9.92. The molecule has 0 amide bonds. The summed E-state index contributed by atoms with van der Waals surface area (Å²) in [5.41, 5.74) is 7.47. The van der Waals surface area contributed by atoms with Crippen LogP contribution in [0.15, 0.2) is 18.2 Å². The van der Waals surface area contributed by atoms with Crippen molar-refractivity contribution < 1.29 is 9.90 Å². The molecule has 0 aliphatic heterocycles. The molecule has 1 aromatic rings. The minimum atomic E-state index is -0.782. The summed E-state index contributed by atoms with van der Waals surface area (Å²) in [4.78, 5) is 10.3. The van der Waals surface area contributed by atoms with E-state index >= 15 is 0 Å². The Hall–Kier alpha value is -1.35. The van der Waals surface area contributed by atoms with Crippen LogP contribution in [0.5, 0.6) is 0 Å². The molecule has 1 rings (SSSR count). The zero-order valence-electron chi connectivity index (χ0n) is 7.29. The number of hydrogen-bond acceptors (Lipinski definition) is 2. The van der Waals surface area contributed by atoms with Crippen molar-refractivity contribution in [2.45, 2.75) is 19.4 Å². The van der Waals surface area contributed by atoms with Gasteiger partial charge >= 0.3 is 5.97 Å². The second-order valence-corrected chi connectivity index (χ2v) is 2.79. The van der Waals surface area contributed by atoms with Gasteiger partial charge in [0.25, 0.3) is 0 Å². The van der Waals surface area contributed by atoms with Crippen LogP contribution in [0.25, 0.3) is 0 Å². The predicted molar refractivity (Wildman–Crippen MR) is 49.1 cm³/mol. The number of benzene rings is 1. The van der Waals surface area contributed by atoms with Gasteiger partial charge in [-0.05, 0) is 29.7 Å². The molecule has 3 heteroatoms. The van der Waals surface area contributed by atoms with Crippen LogP contribution in [-0.4, -0.2) is 11.1 Å². The number of aryl methyl sites for hydroxylation is 1. The number of nitrogens with two attached hydrogens (primary N) is 1. The molecular weight excluding hydrogens is 166 g/mol. The third-order valence-corrected chi connectivity index (χ3v) is 1.88. The first kappa shape index (κ1) is 9.74. The Kier molecular flexibility index (Phi) is 3.46. The monoisotopic (exact) mass is 178 g/mol. The van der Waals surface area contributed by atoms with Crippen molar-refractivity contribution in [1.82, 2.24) is 0 Å². The van der Waals surface area contributed by atoms with Crippen molar-refractivity contribution in [3.05, 3.63) is 35.4 Å². The van der Waals surface area contributed by atoms with Crippen LogP contribution < -0.4 is 5.73 Å². The van der Waals surface area contributed by atoms with E-state index in [4.69, 9.17) is 10.8 Å². The first-order valence-electron chi connectivity index (χ1n) is 4.13. The molecule has 0 saturated heterocycles. The third-order valence-electron chi connectivity index (χ3n) is 1.88. The van der Waals surface area contributed by atoms with Crippen LogP contribution in [0.1, 0.15) is 17.5 Å². The van der Waals surface area contributed by atoms with Gasteiger partial charge in [0.2, 0.25) is 0 Å². The quantitative estimate of drug-likeness (QED) is 0.721. The number of aliphatic carboxylic acids is 1. The summed E-state index contributed by atoms with van der Waals surface area (Å²) in [5.74, 6) is -0.782. The zero-order valence-corrected chi connectivity index (χ0v) is 7.29. The van der Waals surface area contributed by atoms with Gasteiger partial charge in [0.1, 0.15) is 0 Å². The van der Waals surface area contributed by atoms with Crippen LogP contribution in [-0.2, 0) is 17.8 Å². The van der Waals surface area contributed by atoms with E-state index in [9.17, 15) is 4.79 Å². The summed E-state index contributed by atoms with van der Waals surface area (Å²) >= 11 is 0. The highest BCUT2D eigenvalue weighted by Crippen LogP contribution is 2.09. The fraction of sp³-hybridized carbons (Fsp3) is 0.300. The molecule has 0 saturated carbocycles. The Balaban J connectivity index is 2.69. The first-order valence-corrected chi connectivity index (χ1v) is 4.13. The molecule has 0 aromatic heterocycles. The van der Waals surface area contributed by atoms with E-state index < -0.39 is 5.97 Å². The Morgan fingerprint density at radius 3 is 2.92 bits per heavy atom. The summed E-state index contributed by atoms with van der Waals surface area (Å²) in [6, 6.07) is 8.36. The van der Waals surface area contributed by atoms with Crippen LogP contribution in [0.4, 0.5) is 0 Å². The molecule has 0 spiro atoms. The Morgan fingerprint density at radius 1 is 1.54 bits per heavy atom.